The molecule has 0 fully saturated rings. The van der Waals surface area contributed by atoms with Crippen molar-refractivity contribution in [1.82, 2.24) is 0 Å². The molecule has 3 aromatic carbocycles. The van der Waals surface area contributed by atoms with E-state index in [9.17, 15) is 31.1 Å². The standard InChI is InChI=1S/C26H18F6N2O3/c1-3-36-19-11-14(7-8-18(19)37-12-15-5-4-6-16(27)9-15)10-17-13(2)33-34(26(17)35)25-23(31)21(29)20(28)22(30)24(25)32/h4-11H,3,12H2,1-2H3/b17-10+. The van der Waals surface area contributed by atoms with Crippen LogP contribution in [0.3, 0.4) is 0 Å². The van der Waals surface area contributed by atoms with Gasteiger partial charge in [0.2, 0.25) is 5.82 Å². The van der Waals surface area contributed by atoms with Crippen molar-refractivity contribution < 1.29 is 40.6 Å². The lowest BCUT2D eigenvalue weighted by atomic mass is 10.1. The predicted octanol–water partition coefficient (Wildman–Crippen LogP) is 6.31. The van der Waals surface area contributed by atoms with Gasteiger partial charge in [-0.2, -0.15) is 10.1 Å². The average molecular weight is 520 g/mol. The molecule has 0 saturated carbocycles. The molecule has 0 N–H and O–H groups in total. The van der Waals surface area contributed by atoms with E-state index in [4.69, 9.17) is 9.47 Å². The van der Waals surface area contributed by atoms with Crippen LogP contribution in [0.1, 0.15) is 25.0 Å². The highest BCUT2D eigenvalue weighted by Gasteiger charge is 2.37. The number of anilines is 1. The minimum absolute atomic E-state index is 0.0154. The van der Waals surface area contributed by atoms with Gasteiger partial charge in [0.05, 0.1) is 17.9 Å². The molecule has 192 valence electrons. The Morgan fingerprint density at radius 2 is 1.54 bits per heavy atom. The molecule has 1 amide bonds. The number of ether oxygens (including phenoxy) is 2. The molecule has 4 rings (SSSR count). The Bertz CT molecular complexity index is 1430. The minimum atomic E-state index is -2.34. The van der Waals surface area contributed by atoms with E-state index < -0.39 is 46.5 Å². The molecule has 3 aromatic rings. The molecule has 0 bridgehead atoms. The first-order chi connectivity index (χ1) is 17.6. The Labute approximate surface area is 207 Å². The molecule has 0 spiro atoms. The molecule has 1 heterocycles. The number of carbonyl (C=O) groups is 1. The molecule has 0 unspecified atom stereocenters. The van der Waals surface area contributed by atoms with E-state index in [-0.39, 0.29) is 29.5 Å². The third-order valence-corrected chi connectivity index (χ3v) is 5.32. The van der Waals surface area contributed by atoms with E-state index >= 15 is 0 Å². The van der Waals surface area contributed by atoms with Gasteiger partial charge in [-0.15, -0.1) is 0 Å². The van der Waals surface area contributed by atoms with E-state index in [1.54, 1.807) is 31.2 Å². The molecule has 0 saturated heterocycles. The Balaban J connectivity index is 1.63. The second kappa shape index (κ2) is 10.4. The Morgan fingerprint density at radius 1 is 0.865 bits per heavy atom. The van der Waals surface area contributed by atoms with Crippen LogP contribution in [0.5, 0.6) is 11.5 Å². The van der Waals surface area contributed by atoms with Crippen LogP contribution in [0.2, 0.25) is 0 Å². The molecule has 11 heteroatoms. The molecule has 37 heavy (non-hydrogen) atoms. The summed E-state index contributed by atoms with van der Waals surface area (Å²) < 4.78 is 94.0. The Hall–Kier alpha value is -4.28. The summed E-state index contributed by atoms with van der Waals surface area (Å²) in [6.45, 7) is 3.40. The van der Waals surface area contributed by atoms with Gasteiger partial charge in [-0.1, -0.05) is 18.2 Å². The smallest absolute Gasteiger partial charge is 0.280 e. The summed E-state index contributed by atoms with van der Waals surface area (Å²) in [5.74, 6) is -12.0. The van der Waals surface area contributed by atoms with Crippen molar-refractivity contribution in [3.05, 3.63) is 94.1 Å². The fourth-order valence-corrected chi connectivity index (χ4v) is 3.57. The zero-order valence-corrected chi connectivity index (χ0v) is 19.4. The number of nitrogens with zero attached hydrogens (tertiary/aromatic N) is 2. The quantitative estimate of drug-likeness (QED) is 0.159. The van der Waals surface area contributed by atoms with Crippen LogP contribution in [0.25, 0.3) is 6.08 Å². The lowest BCUT2D eigenvalue weighted by Gasteiger charge is -2.15. The topological polar surface area (TPSA) is 51.1 Å². The number of halogens is 6. The highest BCUT2D eigenvalue weighted by atomic mass is 19.2. The molecule has 0 radical (unpaired) electrons. The van der Waals surface area contributed by atoms with Gasteiger partial charge in [0, 0.05) is 0 Å². The first-order valence-corrected chi connectivity index (χ1v) is 10.9. The maximum atomic E-state index is 14.3. The normalized spacial score (nSPS) is 14.4. The zero-order valence-electron chi connectivity index (χ0n) is 19.4. The van der Waals surface area contributed by atoms with Crippen LogP contribution >= 0.6 is 0 Å². The molecule has 0 atom stereocenters. The summed E-state index contributed by atoms with van der Waals surface area (Å²) in [5.41, 5.74) is -0.637. The number of amides is 1. The van der Waals surface area contributed by atoms with E-state index in [1.807, 2.05) is 0 Å². The molecular weight excluding hydrogens is 502 g/mol. The minimum Gasteiger partial charge on any atom is -0.490 e. The van der Waals surface area contributed by atoms with Crippen molar-refractivity contribution in [2.24, 2.45) is 5.10 Å². The summed E-state index contributed by atoms with van der Waals surface area (Å²) in [6, 6.07) is 10.5. The number of hydrogen-bond donors (Lipinski definition) is 0. The van der Waals surface area contributed by atoms with Crippen LogP contribution < -0.4 is 14.5 Å². The summed E-state index contributed by atoms with van der Waals surface area (Å²) in [6.07, 6.45) is 1.33. The molecule has 0 aromatic heterocycles. The second-order valence-corrected chi connectivity index (χ2v) is 7.84. The van der Waals surface area contributed by atoms with E-state index in [1.165, 1.54) is 31.2 Å². The largest absolute Gasteiger partial charge is 0.490 e. The van der Waals surface area contributed by atoms with Crippen molar-refractivity contribution in [3.63, 3.8) is 0 Å². The van der Waals surface area contributed by atoms with Gasteiger partial charge < -0.3 is 9.47 Å². The maximum absolute atomic E-state index is 14.3. The predicted molar refractivity (Wildman–Crippen MR) is 123 cm³/mol. The van der Waals surface area contributed by atoms with Crippen molar-refractivity contribution in [3.8, 4) is 11.5 Å². The monoisotopic (exact) mass is 520 g/mol. The van der Waals surface area contributed by atoms with E-state index in [0.29, 0.717) is 22.6 Å². The number of carbonyl (C=O) groups excluding carboxylic acids is 1. The lowest BCUT2D eigenvalue weighted by Crippen LogP contribution is -2.25. The Morgan fingerprint density at radius 3 is 2.19 bits per heavy atom. The van der Waals surface area contributed by atoms with Crippen molar-refractivity contribution >= 4 is 23.4 Å². The number of rotatable bonds is 7. The van der Waals surface area contributed by atoms with Gasteiger partial charge in [-0.05, 0) is 55.3 Å². The highest BCUT2D eigenvalue weighted by molar-refractivity contribution is 6.32. The first-order valence-electron chi connectivity index (χ1n) is 10.9. The van der Waals surface area contributed by atoms with E-state index in [2.05, 4.69) is 5.10 Å². The fourth-order valence-electron chi connectivity index (χ4n) is 3.57. The van der Waals surface area contributed by atoms with Crippen LogP contribution in [-0.4, -0.2) is 18.2 Å². The summed E-state index contributed by atoms with van der Waals surface area (Å²) >= 11 is 0. The van der Waals surface area contributed by atoms with Gasteiger partial charge in [0.15, 0.2) is 34.8 Å². The van der Waals surface area contributed by atoms with Gasteiger partial charge in [0.1, 0.15) is 18.1 Å². The van der Waals surface area contributed by atoms with Gasteiger partial charge in [0.25, 0.3) is 5.91 Å². The summed E-state index contributed by atoms with van der Waals surface area (Å²) in [5, 5.41) is 3.84. The number of benzene rings is 3. The Kier molecular flexibility index (Phi) is 7.23. The van der Waals surface area contributed by atoms with Crippen molar-refractivity contribution in [2.45, 2.75) is 20.5 Å². The SMILES string of the molecule is CCOc1cc(/C=C2/C(=O)N(c3c(F)c(F)c(F)c(F)c3F)N=C2C)ccc1OCc1cccc(F)c1. The highest BCUT2D eigenvalue weighted by Crippen LogP contribution is 2.35. The fraction of sp³-hybridized carbons (Fsp3) is 0.154. The molecule has 1 aliphatic heterocycles. The summed E-state index contributed by atoms with van der Waals surface area (Å²) in [4.78, 5) is 12.9. The van der Waals surface area contributed by atoms with Crippen LogP contribution in [0.15, 0.2) is 53.1 Å². The van der Waals surface area contributed by atoms with Crippen molar-refractivity contribution in [1.29, 1.82) is 0 Å². The summed E-state index contributed by atoms with van der Waals surface area (Å²) in [7, 11) is 0. The number of hydrazone groups is 1. The van der Waals surface area contributed by atoms with E-state index in [0.717, 1.165) is 0 Å². The third kappa shape index (κ3) is 5.02. The maximum Gasteiger partial charge on any atom is 0.280 e. The zero-order chi connectivity index (χ0) is 26.9. The third-order valence-electron chi connectivity index (χ3n) is 5.32. The molecular formula is C26H18F6N2O3. The number of hydrogen-bond acceptors (Lipinski definition) is 4. The van der Waals surface area contributed by atoms with Gasteiger partial charge >= 0.3 is 0 Å². The molecule has 1 aliphatic rings. The van der Waals surface area contributed by atoms with Crippen LogP contribution in [0.4, 0.5) is 32.0 Å². The molecule has 0 aliphatic carbocycles. The molecule has 5 nitrogen and oxygen atoms in total. The van der Waals surface area contributed by atoms with Gasteiger partial charge in [-0.25, -0.2) is 26.3 Å². The first kappa shape index (κ1) is 25.8. The average Bonchev–Trinajstić information content (AvgIpc) is 3.14. The lowest BCUT2D eigenvalue weighted by molar-refractivity contribution is -0.114. The second-order valence-electron chi connectivity index (χ2n) is 7.84. The van der Waals surface area contributed by atoms with Gasteiger partial charge in [-0.3, -0.25) is 4.79 Å². The van der Waals surface area contributed by atoms with Crippen LogP contribution in [0, 0.1) is 34.9 Å². The van der Waals surface area contributed by atoms with Crippen molar-refractivity contribution in [2.75, 3.05) is 11.6 Å². The van der Waals surface area contributed by atoms with Crippen LogP contribution in [-0.2, 0) is 11.4 Å².